The number of hydrogen-bond acceptors (Lipinski definition) is 5. The van der Waals surface area contributed by atoms with Crippen molar-refractivity contribution >= 4 is 6.09 Å². The standard InChI is InChI=1S/C19H27N3O5/c1-19(2,3)27-18(25)20-15(12-26-11-13-7-5-4-6-8-13)16-14(9-10-23)17(24)22-21-16/h4-8,15,23H,9-12H2,1-3H3,(H,20,25)(H2,21,22,24)/t15-/m0/s1. The van der Waals surface area contributed by atoms with Crippen molar-refractivity contribution in [1.82, 2.24) is 15.5 Å². The third-order valence-corrected chi connectivity index (χ3v) is 3.71. The Morgan fingerprint density at radius 1 is 1.22 bits per heavy atom. The third-order valence-electron chi connectivity index (χ3n) is 3.71. The maximum atomic E-state index is 12.2. The number of nitrogens with one attached hydrogen (secondary N) is 3. The number of H-pyrrole nitrogens is 2. The molecule has 1 heterocycles. The minimum atomic E-state index is -0.654. The zero-order valence-electron chi connectivity index (χ0n) is 15.9. The van der Waals surface area contributed by atoms with Crippen molar-refractivity contribution < 1.29 is 19.4 Å². The Morgan fingerprint density at radius 2 is 1.93 bits per heavy atom. The van der Waals surface area contributed by atoms with Gasteiger partial charge in [-0.1, -0.05) is 30.3 Å². The van der Waals surface area contributed by atoms with E-state index >= 15 is 0 Å². The Kier molecular flexibility index (Phi) is 7.20. The van der Waals surface area contributed by atoms with E-state index in [-0.39, 0.29) is 25.2 Å². The first-order valence-corrected chi connectivity index (χ1v) is 8.81. The van der Waals surface area contributed by atoms with Crippen LogP contribution in [0.3, 0.4) is 0 Å². The molecule has 0 aliphatic heterocycles. The molecule has 0 radical (unpaired) electrons. The molecule has 1 amide bonds. The van der Waals surface area contributed by atoms with E-state index in [9.17, 15) is 14.7 Å². The largest absolute Gasteiger partial charge is 0.444 e. The average molecular weight is 377 g/mol. The van der Waals surface area contributed by atoms with E-state index in [4.69, 9.17) is 9.47 Å². The minimum Gasteiger partial charge on any atom is -0.444 e. The number of rotatable bonds is 8. The molecule has 0 bridgehead atoms. The fourth-order valence-corrected chi connectivity index (χ4v) is 2.57. The lowest BCUT2D eigenvalue weighted by atomic mass is 10.1. The van der Waals surface area contributed by atoms with E-state index in [0.717, 1.165) is 5.56 Å². The molecule has 0 saturated heterocycles. The predicted octanol–water partition coefficient (Wildman–Crippen LogP) is 2.02. The van der Waals surface area contributed by atoms with Gasteiger partial charge in [-0.25, -0.2) is 4.79 Å². The lowest BCUT2D eigenvalue weighted by molar-refractivity contribution is 0.0423. The highest BCUT2D eigenvalue weighted by atomic mass is 16.6. The molecule has 148 valence electrons. The van der Waals surface area contributed by atoms with Crippen LogP contribution in [-0.4, -0.2) is 40.2 Å². The molecule has 8 nitrogen and oxygen atoms in total. The number of carbonyl (C=O) groups excluding carboxylic acids is 1. The summed E-state index contributed by atoms with van der Waals surface area (Å²) in [4.78, 5) is 24.2. The van der Waals surface area contributed by atoms with Crippen LogP contribution in [0.15, 0.2) is 35.1 Å². The third kappa shape index (κ3) is 6.58. The maximum absolute atomic E-state index is 12.2. The van der Waals surface area contributed by atoms with Gasteiger partial charge in [0, 0.05) is 18.6 Å². The van der Waals surface area contributed by atoms with Crippen LogP contribution in [0.1, 0.15) is 43.6 Å². The van der Waals surface area contributed by atoms with Crippen molar-refractivity contribution in [3.8, 4) is 0 Å². The molecule has 27 heavy (non-hydrogen) atoms. The number of alkyl carbamates (subject to hydrolysis) is 1. The van der Waals surface area contributed by atoms with Gasteiger partial charge in [0.15, 0.2) is 0 Å². The van der Waals surface area contributed by atoms with E-state index in [0.29, 0.717) is 17.9 Å². The second-order valence-corrected chi connectivity index (χ2v) is 7.14. The van der Waals surface area contributed by atoms with E-state index in [2.05, 4.69) is 15.5 Å². The van der Waals surface area contributed by atoms with Gasteiger partial charge in [0.25, 0.3) is 5.56 Å². The Hall–Kier alpha value is -2.58. The van der Waals surface area contributed by atoms with Gasteiger partial charge in [-0.3, -0.25) is 15.0 Å². The zero-order chi connectivity index (χ0) is 19.9. The molecule has 1 atom stereocenters. The van der Waals surface area contributed by atoms with Crippen LogP contribution in [0.5, 0.6) is 0 Å². The van der Waals surface area contributed by atoms with Crippen molar-refractivity contribution in [3.63, 3.8) is 0 Å². The fraction of sp³-hybridized carbons (Fsp3) is 0.474. The topological polar surface area (TPSA) is 116 Å². The van der Waals surface area contributed by atoms with E-state index in [1.165, 1.54) is 0 Å². The molecule has 1 aromatic carbocycles. The Labute approximate surface area is 157 Å². The van der Waals surface area contributed by atoms with Crippen LogP contribution in [0, 0.1) is 0 Å². The highest BCUT2D eigenvalue weighted by molar-refractivity contribution is 5.68. The van der Waals surface area contributed by atoms with Gasteiger partial charge in [0.2, 0.25) is 0 Å². The number of aromatic nitrogens is 2. The van der Waals surface area contributed by atoms with Crippen LogP contribution >= 0.6 is 0 Å². The molecule has 2 aromatic rings. The summed E-state index contributed by atoms with van der Waals surface area (Å²) in [5.74, 6) is 0. The molecule has 0 aliphatic carbocycles. The first-order chi connectivity index (χ1) is 12.8. The van der Waals surface area contributed by atoms with Crippen molar-refractivity contribution in [1.29, 1.82) is 0 Å². The molecule has 0 saturated carbocycles. The molecule has 0 spiro atoms. The number of ether oxygens (including phenoxy) is 2. The number of aliphatic hydroxyl groups excluding tert-OH is 1. The van der Waals surface area contributed by atoms with Gasteiger partial charge >= 0.3 is 6.09 Å². The number of carbonyl (C=O) groups is 1. The van der Waals surface area contributed by atoms with Crippen molar-refractivity contribution in [2.75, 3.05) is 13.2 Å². The minimum absolute atomic E-state index is 0.125. The number of aliphatic hydroxyl groups is 1. The molecular formula is C19H27N3O5. The fourth-order valence-electron chi connectivity index (χ4n) is 2.57. The molecule has 8 heteroatoms. The Balaban J connectivity index is 2.13. The summed E-state index contributed by atoms with van der Waals surface area (Å²) < 4.78 is 11.0. The Morgan fingerprint density at radius 3 is 2.56 bits per heavy atom. The molecular weight excluding hydrogens is 350 g/mol. The van der Waals surface area contributed by atoms with E-state index < -0.39 is 17.7 Å². The second kappa shape index (κ2) is 9.38. The van der Waals surface area contributed by atoms with Gasteiger partial charge in [0.05, 0.1) is 24.9 Å². The number of aromatic amines is 2. The van der Waals surface area contributed by atoms with Gasteiger partial charge in [0.1, 0.15) is 5.60 Å². The lowest BCUT2D eigenvalue weighted by Crippen LogP contribution is -2.37. The smallest absolute Gasteiger partial charge is 0.408 e. The number of amides is 1. The van der Waals surface area contributed by atoms with Crippen molar-refractivity contribution in [2.24, 2.45) is 0 Å². The van der Waals surface area contributed by atoms with E-state index in [1.807, 2.05) is 30.3 Å². The summed E-state index contributed by atoms with van der Waals surface area (Å²) >= 11 is 0. The van der Waals surface area contributed by atoms with Crippen LogP contribution in [-0.2, 0) is 22.5 Å². The average Bonchev–Trinajstić information content (AvgIpc) is 2.94. The molecule has 0 fully saturated rings. The summed E-state index contributed by atoms with van der Waals surface area (Å²) in [6, 6.07) is 8.99. The van der Waals surface area contributed by atoms with Crippen LogP contribution in [0.2, 0.25) is 0 Å². The van der Waals surface area contributed by atoms with Crippen LogP contribution in [0.4, 0.5) is 4.79 Å². The summed E-state index contributed by atoms with van der Waals surface area (Å²) in [5.41, 5.74) is 0.846. The lowest BCUT2D eigenvalue weighted by Gasteiger charge is -2.23. The number of hydrogen-bond donors (Lipinski definition) is 4. The maximum Gasteiger partial charge on any atom is 0.408 e. The highest BCUT2D eigenvalue weighted by Gasteiger charge is 2.24. The van der Waals surface area contributed by atoms with Crippen LogP contribution < -0.4 is 10.9 Å². The van der Waals surface area contributed by atoms with Gasteiger partial charge in [-0.05, 0) is 26.3 Å². The summed E-state index contributed by atoms with van der Waals surface area (Å²) in [7, 11) is 0. The van der Waals surface area contributed by atoms with Crippen LogP contribution in [0.25, 0.3) is 0 Å². The normalized spacial score (nSPS) is 12.6. The second-order valence-electron chi connectivity index (χ2n) is 7.14. The molecule has 0 unspecified atom stereocenters. The molecule has 2 rings (SSSR count). The predicted molar refractivity (Wildman–Crippen MR) is 100 cm³/mol. The van der Waals surface area contributed by atoms with Gasteiger partial charge < -0.3 is 19.9 Å². The highest BCUT2D eigenvalue weighted by Crippen LogP contribution is 2.16. The summed E-state index contributed by atoms with van der Waals surface area (Å²) in [6.45, 7) is 5.60. The summed E-state index contributed by atoms with van der Waals surface area (Å²) in [5, 5.41) is 17.2. The van der Waals surface area contributed by atoms with Gasteiger partial charge in [-0.2, -0.15) is 0 Å². The van der Waals surface area contributed by atoms with E-state index in [1.54, 1.807) is 20.8 Å². The van der Waals surface area contributed by atoms with Crippen molar-refractivity contribution in [3.05, 3.63) is 57.5 Å². The molecule has 0 aliphatic rings. The first-order valence-electron chi connectivity index (χ1n) is 8.81. The summed E-state index contributed by atoms with van der Waals surface area (Å²) in [6.07, 6.45) is -0.452. The SMILES string of the molecule is CC(C)(C)OC(=O)N[C@@H](COCc1ccccc1)c1[nH][nH]c(=O)c1CCO. The Bertz CT molecular complexity index is 777. The first kappa shape index (κ1) is 20.7. The zero-order valence-corrected chi connectivity index (χ0v) is 15.9. The molecule has 1 aromatic heterocycles. The molecule has 4 N–H and O–H groups in total. The number of benzene rings is 1. The quantitative estimate of drug-likeness (QED) is 0.562. The monoisotopic (exact) mass is 377 g/mol. The van der Waals surface area contributed by atoms with Crippen molar-refractivity contribution in [2.45, 2.75) is 45.4 Å². The van der Waals surface area contributed by atoms with Gasteiger partial charge in [-0.15, -0.1) is 0 Å².